The van der Waals surface area contributed by atoms with Crippen molar-refractivity contribution in [2.75, 3.05) is 11.9 Å². The Morgan fingerprint density at radius 1 is 0.955 bits per heavy atom. The molecule has 1 heterocycles. The highest BCUT2D eigenvalue weighted by molar-refractivity contribution is 9.10. The molecular weight excluding hydrogens is 707 g/mol. The van der Waals surface area contributed by atoms with E-state index < -0.39 is 0 Å². The van der Waals surface area contributed by atoms with Gasteiger partial charge in [-0.05, 0) is 83.5 Å². The van der Waals surface area contributed by atoms with E-state index in [0.717, 1.165) is 27.6 Å². The topological polar surface area (TPSA) is 84.8 Å². The van der Waals surface area contributed by atoms with Gasteiger partial charge in [-0.1, -0.05) is 53.0 Å². The Morgan fingerprint density at radius 3 is 2.41 bits per heavy atom. The SMILES string of the molecule is CCOc1cc(/C=N\NC(=O)c2ccc(-c3csc(Nc4ccc(Cl)cc4)n3)cc2)c(Br)cc1OCc1ccc(Cl)cc1Cl. The number of nitrogens with one attached hydrogen (secondary N) is 2. The smallest absolute Gasteiger partial charge is 0.271 e. The van der Waals surface area contributed by atoms with Gasteiger partial charge >= 0.3 is 0 Å². The number of thiazole rings is 1. The monoisotopic (exact) mass is 728 g/mol. The zero-order valence-electron chi connectivity index (χ0n) is 23.1. The number of anilines is 2. The van der Waals surface area contributed by atoms with Crippen LogP contribution in [0.15, 0.2) is 93.8 Å². The van der Waals surface area contributed by atoms with Crippen LogP contribution in [-0.2, 0) is 6.61 Å². The van der Waals surface area contributed by atoms with E-state index in [9.17, 15) is 4.79 Å². The summed E-state index contributed by atoms with van der Waals surface area (Å²) in [7, 11) is 0. The van der Waals surface area contributed by atoms with Gasteiger partial charge in [0.1, 0.15) is 6.61 Å². The van der Waals surface area contributed by atoms with Gasteiger partial charge in [0.25, 0.3) is 5.91 Å². The first-order valence-electron chi connectivity index (χ1n) is 13.2. The zero-order chi connectivity index (χ0) is 31.1. The average molecular weight is 731 g/mol. The molecule has 12 heteroatoms. The van der Waals surface area contributed by atoms with Crippen LogP contribution in [0.4, 0.5) is 10.8 Å². The van der Waals surface area contributed by atoms with E-state index in [0.29, 0.717) is 48.8 Å². The van der Waals surface area contributed by atoms with Gasteiger partial charge in [-0.3, -0.25) is 4.79 Å². The summed E-state index contributed by atoms with van der Waals surface area (Å²) in [5.41, 5.74) is 7.09. The van der Waals surface area contributed by atoms with Crippen molar-refractivity contribution in [2.24, 2.45) is 5.10 Å². The fraction of sp³-hybridized carbons (Fsp3) is 0.0938. The third kappa shape index (κ3) is 8.31. The van der Waals surface area contributed by atoms with Gasteiger partial charge in [0.05, 0.1) is 18.5 Å². The first kappa shape index (κ1) is 31.8. The number of nitrogens with zero attached hydrogens (tertiary/aromatic N) is 2. The molecule has 0 atom stereocenters. The van der Waals surface area contributed by atoms with Crippen LogP contribution < -0.4 is 20.2 Å². The maximum absolute atomic E-state index is 12.8. The maximum Gasteiger partial charge on any atom is 0.271 e. The lowest BCUT2D eigenvalue weighted by Crippen LogP contribution is -2.17. The summed E-state index contributed by atoms with van der Waals surface area (Å²) in [6.45, 7) is 2.55. The summed E-state index contributed by atoms with van der Waals surface area (Å²) in [5, 5.41) is 11.9. The molecular formula is C32H24BrCl3N4O3S. The summed E-state index contributed by atoms with van der Waals surface area (Å²) in [5.74, 6) is 0.703. The van der Waals surface area contributed by atoms with Crippen molar-refractivity contribution in [3.8, 4) is 22.8 Å². The minimum atomic E-state index is -0.350. The van der Waals surface area contributed by atoms with Crippen LogP contribution in [0.5, 0.6) is 11.5 Å². The molecule has 0 saturated carbocycles. The fourth-order valence-electron chi connectivity index (χ4n) is 3.96. The Bertz CT molecular complexity index is 1800. The summed E-state index contributed by atoms with van der Waals surface area (Å²) in [6.07, 6.45) is 1.53. The second-order valence-electron chi connectivity index (χ2n) is 9.22. The molecule has 0 unspecified atom stereocenters. The van der Waals surface area contributed by atoms with Gasteiger partial charge in [-0.25, -0.2) is 10.4 Å². The highest BCUT2D eigenvalue weighted by Crippen LogP contribution is 2.35. The van der Waals surface area contributed by atoms with Gasteiger partial charge in [0.2, 0.25) is 0 Å². The molecule has 5 aromatic rings. The van der Waals surface area contributed by atoms with Crippen LogP contribution in [0.25, 0.3) is 11.3 Å². The van der Waals surface area contributed by atoms with Crippen molar-refractivity contribution < 1.29 is 14.3 Å². The van der Waals surface area contributed by atoms with Crippen molar-refractivity contribution in [2.45, 2.75) is 13.5 Å². The zero-order valence-corrected chi connectivity index (χ0v) is 27.8. The molecule has 0 bridgehead atoms. The number of carbonyl (C=O) groups is 1. The van der Waals surface area contributed by atoms with Crippen molar-refractivity contribution in [3.63, 3.8) is 0 Å². The Balaban J connectivity index is 1.20. The minimum absolute atomic E-state index is 0.231. The van der Waals surface area contributed by atoms with E-state index in [2.05, 4.69) is 36.8 Å². The molecule has 0 aliphatic rings. The number of benzene rings is 4. The van der Waals surface area contributed by atoms with E-state index in [1.165, 1.54) is 17.6 Å². The number of hydrogen-bond donors (Lipinski definition) is 2. The Kier molecular flexibility index (Phi) is 10.8. The number of carbonyl (C=O) groups excluding carboxylic acids is 1. The Hall–Kier alpha value is -3.60. The summed E-state index contributed by atoms with van der Waals surface area (Å²) in [6, 6.07) is 23.4. The lowest BCUT2D eigenvalue weighted by Gasteiger charge is -2.14. The molecule has 0 aliphatic carbocycles. The van der Waals surface area contributed by atoms with Crippen molar-refractivity contribution in [1.82, 2.24) is 10.4 Å². The predicted octanol–water partition coefficient (Wildman–Crippen LogP) is 10.0. The molecule has 0 aliphatic heterocycles. The molecule has 2 N–H and O–H groups in total. The maximum atomic E-state index is 12.8. The van der Waals surface area contributed by atoms with Crippen LogP contribution in [0.3, 0.4) is 0 Å². The number of amides is 1. The van der Waals surface area contributed by atoms with Crippen LogP contribution in [0.1, 0.15) is 28.4 Å². The standard InChI is InChI=1S/C32H24BrCl3N4O3S/c1-2-42-29-13-22(26(33)15-30(29)43-17-21-7-8-24(35)14-27(21)36)16-37-40-31(41)20-5-3-19(4-6-20)28-18-44-32(39-28)38-25-11-9-23(34)10-12-25/h3-16,18H,2,17H2,1H3,(H,38,39)(H,40,41)/b37-16-. The van der Waals surface area contributed by atoms with Gasteiger partial charge in [-0.15, -0.1) is 11.3 Å². The van der Waals surface area contributed by atoms with Crippen molar-refractivity contribution in [1.29, 1.82) is 0 Å². The van der Waals surface area contributed by atoms with E-state index in [1.54, 1.807) is 36.4 Å². The second-order valence-corrected chi connectivity index (χ2v) is 12.2. The lowest BCUT2D eigenvalue weighted by molar-refractivity contribution is 0.0955. The van der Waals surface area contributed by atoms with E-state index in [4.69, 9.17) is 44.3 Å². The third-order valence-electron chi connectivity index (χ3n) is 6.17. The first-order valence-corrected chi connectivity index (χ1v) is 16.0. The molecule has 5 rings (SSSR count). The molecule has 44 heavy (non-hydrogen) atoms. The predicted molar refractivity (Wildman–Crippen MR) is 183 cm³/mol. The highest BCUT2D eigenvalue weighted by atomic mass is 79.9. The van der Waals surface area contributed by atoms with Crippen LogP contribution in [0.2, 0.25) is 15.1 Å². The number of halogens is 4. The van der Waals surface area contributed by atoms with Crippen LogP contribution >= 0.6 is 62.1 Å². The molecule has 1 aromatic heterocycles. The quantitative estimate of drug-likeness (QED) is 0.104. The summed E-state index contributed by atoms with van der Waals surface area (Å²) >= 11 is 23.3. The second kappa shape index (κ2) is 14.9. The van der Waals surface area contributed by atoms with E-state index in [-0.39, 0.29) is 12.5 Å². The van der Waals surface area contributed by atoms with Crippen LogP contribution in [-0.4, -0.2) is 23.7 Å². The van der Waals surface area contributed by atoms with Gasteiger partial charge in [0, 0.05) is 52.9 Å². The molecule has 0 fully saturated rings. The van der Waals surface area contributed by atoms with Crippen molar-refractivity contribution >= 4 is 85.0 Å². The molecule has 224 valence electrons. The molecule has 0 radical (unpaired) electrons. The molecule has 4 aromatic carbocycles. The van der Waals surface area contributed by atoms with Crippen molar-refractivity contribution in [3.05, 3.63) is 120 Å². The molecule has 1 amide bonds. The Labute approximate surface area is 281 Å². The minimum Gasteiger partial charge on any atom is -0.490 e. The first-order chi connectivity index (χ1) is 21.3. The van der Waals surface area contributed by atoms with Gasteiger partial charge in [-0.2, -0.15) is 5.10 Å². The molecule has 7 nitrogen and oxygen atoms in total. The summed E-state index contributed by atoms with van der Waals surface area (Å²) < 4.78 is 12.5. The number of aromatic nitrogens is 1. The normalized spacial score (nSPS) is 11.0. The van der Waals surface area contributed by atoms with Crippen LogP contribution in [0, 0.1) is 0 Å². The fourth-order valence-corrected chi connectivity index (χ4v) is 5.72. The third-order valence-corrected chi connectivity index (χ3v) is 8.46. The number of hydrazone groups is 1. The number of rotatable bonds is 11. The molecule has 0 saturated heterocycles. The van der Waals surface area contributed by atoms with Gasteiger partial charge in [0.15, 0.2) is 16.6 Å². The van der Waals surface area contributed by atoms with E-state index in [1.807, 2.05) is 54.8 Å². The summed E-state index contributed by atoms with van der Waals surface area (Å²) in [4.78, 5) is 17.4. The van der Waals surface area contributed by atoms with E-state index >= 15 is 0 Å². The lowest BCUT2D eigenvalue weighted by atomic mass is 10.1. The van der Waals surface area contributed by atoms with Gasteiger partial charge < -0.3 is 14.8 Å². The number of ether oxygens (including phenoxy) is 2. The largest absolute Gasteiger partial charge is 0.490 e. The number of hydrogen-bond acceptors (Lipinski definition) is 7. The Morgan fingerprint density at radius 2 is 1.68 bits per heavy atom. The average Bonchev–Trinajstić information content (AvgIpc) is 3.48. The highest BCUT2D eigenvalue weighted by Gasteiger charge is 2.13. The molecule has 0 spiro atoms.